The molecule has 1 N–H and O–H groups in total. The summed E-state index contributed by atoms with van der Waals surface area (Å²) in [6, 6.07) is 14.5. The highest BCUT2D eigenvalue weighted by Gasteiger charge is 2.18. The lowest BCUT2D eigenvalue weighted by atomic mass is 10.1. The van der Waals surface area contributed by atoms with Crippen LogP contribution in [0.5, 0.6) is 0 Å². The summed E-state index contributed by atoms with van der Waals surface area (Å²) in [5, 5.41) is 8.26. The van der Waals surface area contributed by atoms with Gasteiger partial charge in [0.1, 0.15) is 0 Å². The monoisotopic (exact) mass is 321 g/mol. The summed E-state index contributed by atoms with van der Waals surface area (Å²) in [6.07, 6.45) is 0. The minimum Gasteiger partial charge on any atom is -0.320 e. The van der Waals surface area contributed by atoms with Crippen molar-refractivity contribution in [1.29, 1.82) is 0 Å². The summed E-state index contributed by atoms with van der Waals surface area (Å²) in [5.41, 5.74) is 1.76. The van der Waals surface area contributed by atoms with Crippen molar-refractivity contribution >= 4 is 22.4 Å². The maximum atomic E-state index is 12.8. The second-order valence-electron chi connectivity index (χ2n) is 6.01. The van der Waals surface area contributed by atoms with Gasteiger partial charge in [-0.05, 0) is 38.5 Å². The summed E-state index contributed by atoms with van der Waals surface area (Å²) in [7, 11) is 0. The van der Waals surface area contributed by atoms with Gasteiger partial charge in [-0.3, -0.25) is 9.59 Å². The van der Waals surface area contributed by atoms with Gasteiger partial charge in [0.05, 0.1) is 11.4 Å². The second kappa shape index (κ2) is 6.28. The molecule has 1 heterocycles. The number of fused-ring (bicyclic) bond motifs is 1. The number of anilines is 1. The Morgan fingerprint density at radius 3 is 2.33 bits per heavy atom. The van der Waals surface area contributed by atoms with E-state index in [-0.39, 0.29) is 23.2 Å². The van der Waals surface area contributed by atoms with Gasteiger partial charge >= 0.3 is 0 Å². The summed E-state index contributed by atoms with van der Waals surface area (Å²) in [6.45, 7) is 5.66. The highest BCUT2D eigenvalue weighted by Crippen LogP contribution is 2.18. The average molecular weight is 321 g/mol. The van der Waals surface area contributed by atoms with Crippen LogP contribution in [0.15, 0.2) is 53.3 Å². The first kappa shape index (κ1) is 15.9. The van der Waals surface area contributed by atoms with Crippen molar-refractivity contribution in [1.82, 2.24) is 9.78 Å². The van der Waals surface area contributed by atoms with Gasteiger partial charge in [0.25, 0.3) is 11.5 Å². The van der Waals surface area contributed by atoms with E-state index in [1.165, 1.54) is 4.68 Å². The summed E-state index contributed by atoms with van der Waals surface area (Å²) < 4.78 is 1.36. The van der Waals surface area contributed by atoms with E-state index >= 15 is 0 Å². The van der Waals surface area contributed by atoms with Gasteiger partial charge in [0.2, 0.25) is 0 Å². The number of para-hydroxylation sites is 1. The van der Waals surface area contributed by atoms with E-state index in [0.717, 1.165) is 11.3 Å². The van der Waals surface area contributed by atoms with Crippen molar-refractivity contribution in [3.63, 3.8) is 0 Å². The van der Waals surface area contributed by atoms with Gasteiger partial charge in [-0.2, -0.15) is 5.10 Å². The van der Waals surface area contributed by atoms with E-state index < -0.39 is 0 Å². The molecule has 0 aliphatic rings. The van der Waals surface area contributed by atoms with E-state index in [1.54, 1.807) is 24.3 Å². The first-order valence-corrected chi connectivity index (χ1v) is 7.87. The maximum Gasteiger partial charge on any atom is 0.276 e. The topological polar surface area (TPSA) is 64.0 Å². The van der Waals surface area contributed by atoms with Crippen LogP contribution in [0.4, 0.5) is 5.69 Å². The fraction of sp³-hybridized carbons (Fsp3) is 0.211. The Bertz CT molecular complexity index is 974. The van der Waals surface area contributed by atoms with Crippen LogP contribution in [0.25, 0.3) is 10.8 Å². The third kappa shape index (κ3) is 2.80. The Hall–Kier alpha value is -2.95. The molecule has 0 radical (unpaired) electrons. The number of aryl methyl sites for hydroxylation is 1. The molecule has 0 aliphatic heterocycles. The Kier molecular flexibility index (Phi) is 4.16. The zero-order valence-corrected chi connectivity index (χ0v) is 13.9. The molecule has 1 aromatic heterocycles. The van der Waals surface area contributed by atoms with Crippen LogP contribution in [0.2, 0.25) is 0 Å². The number of benzene rings is 2. The molecular weight excluding hydrogens is 302 g/mol. The predicted molar refractivity (Wildman–Crippen MR) is 95.5 cm³/mol. The molecule has 0 fully saturated rings. The molecule has 122 valence electrons. The van der Waals surface area contributed by atoms with Crippen molar-refractivity contribution in [3.05, 3.63) is 70.1 Å². The number of amides is 1. The van der Waals surface area contributed by atoms with Crippen LogP contribution < -0.4 is 10.9 Å². The number of carbonyl (C=O) groups excluding carboxylic acids is 1. The lowest BCUT2D eigenvalue weighted by molar-refractivity contribution is 0.102. The summed E-state index contributed by atoms with van der Waals surface area (Å²) >= 11 is 0. The van der Waals surface area contributed by atoms with E-state index in [4.69, 9.17) is 0 Å². The molecule has 2 aromatic carbocycles. The molecule has 0 saturated heterocycles. The van der Waals surface area contributed by atoms with Crippen molar-refractivity contribution in [2.24, 2.45) is 0 Å². The molecule has 0 unspecified atom stereocenters. The molecule has 1 amide bonds. The van der Waals surface area contributed by atoms with Gasteiger partial charge < -0.3 is 5.32 Å². The zero-order chi connectivity index (χ0) is 17.3. The highest BCUT2D eigenvalue weighted by atomic mass is 16.2. The molecule has 0 bridgehead atoms. The summed E-state index contributed by atoms with van der Waals surface area (Å²) in [5.74, 6) is -0.324. The van der Waals surface area contributed by atoms with Crippen molar-refractivity contribution in [2.75, 3.05) is 5.32 Å². The van der Waals surface area contributed by atoms with Crippen LogP contribution in [0.1, 0.15) is 35.9 Å². The maximum absolute atomic E-state index is 12.8. The molecule has 5 heteroatoms. The molecule has 3 rings (SSSR count). The molecule has 5 nitrogen and oxygen atoms in total. The predicted octanol–water partition coefficient (Wildman–Crippen LogP) is 3.54. The molecular formula is C19H19N3O2. The minimum atomic E-state index is -0.324. The third-order valence-electron chi connectivity index (χ3n) is 3.93. The SMILES string of the molecule is Cc1ccccc1NC(=O)c1nn(C(C)C)c(=O)c2ccccc12. The van der Waals surface area contributed by atoms with Gasteiger partial charge in [-0.25, -0.2) is 4.68 Å². The number of aromatic nitrogens is 2. The molecule has 0 saturated carbocycles. The van der Waals surface area contributed by atoms with Crippen molar-refractivity contribution < 1.29 is 4.79 Å². The van der Waals surface area contributed by atoms with Crippen molar-refractivity contribution in [3.8, 4) is 0 Å². The standard InChI is InChI=1S/C19H19N3O2/c1-12(2)22-19(24)15-10-6-5-9-14(15)17(21-22)18(23)20-16-11-7-4-8-13(16)3/h4-12H,1-3H3,(H,20,23). The minimum absolute atomic E-state index is 0.132. The van der Waals surface area contributed by atoms with Crippen LogP contribution in [0.3, 0.4) is 0 Å². The average Bonchev–Trinajstić information content (AvgIpc) is 2.57. The lowest BCUT2D eigenvalue weighted by Crippen LogP contribution is -2.29. The Morgan fingerprint density at radius 1 is 1.04 bits per heavy atom. The fourth-order valence-corrected chi connectivity index (χ4v) is 2.62. The molecule has 24 heavy (non-hydrogen) atoms. The quantitative estimate of drug-likeness (QED) is 0.802. The summed E-state index contributed by atoms with van der Waals surface area (Å²) in [4.78, 5) is 25.3. The van der Waals surface area contributed by atoms with Crippen molar-refractivity contribution in [2.45, 2.75) is 26.8 Å². The zero-order valence-electron chi connectivity index (χ0n) is 13.9. The smallest absolute Gasteiger partial charge is 0.276 e. The molecule has 0 atom stereocenters. The van der Waals surface area contributed by atoms with Gasteiger partial charge in [-0.1, -0.05) is 36.4 Å². The Morgan fingerprint density at radius 2 is 1.67 bits per heavy atom. The lowest BCUT2D eigenvalue weighted by Gasteiger charge is -2.14. The highest BCUT2D eigenvalue weighted by molar-refractivity contribution is 6.11. The first-order valence-electron chi connectivity index (χ1n) is 7.87. The molecule has 0 aliphatic carbocycles. The Labute approximate surface area is 139 Å². The van der Waals surface area contributed by atoms with E-state index in [9.17, 15) is 9.59 Å². The van der Waals surface area contributed by atoms with E-state index in [2.05, 4.69) is 10.4 Å². The first-order chi connectivity index (χ1) is 11.5. The number of nitrogens with zero attached hydrogens (tertiary/aromatic N) is 2. The van der Waals surface area contributed by atoms with Crippen LogP contribution in [-0.2, 0) is 0 Å². The third-order valence-corrected chi connectivity index (χ3v) is 3.93. The normalized spacial score (nSPS) is 11.0. The molecule has 0 spiro atoms. The van der Waals surface area contributed by atoms with Gasteiger partial charge in [0.15, 0.2) is 5.69 Å². The van der Waals surface area contributed by atoms with Gasteiger partial charge in [0, 0.05) is 11.1 Å². The van der Waals surface area contributed by atoms with Crippen LogP contribution in [0, 0.1) is 6.92 Å². The number of rotatable bonds is 3. The number of nitrogens with one attached hydrogen (secondary N) is 1. The van der Waals surface area contributed by atoms with Gasteiger partial charge in [-0.15, -0.1) is 0 Å². The largest absolute Gasteiger partial charge is 0.320 e. The number of hydrogen-bond donors (Lipinski definition) is 1. The van der Waals surface area contributed by atoms with E-state index in [0.29, 0.717) is 10.8 Å². The Balaban J connectivity index is 2.15. The van der Waals surface area contributed by atoms with E-state index in [1.807, 2.05) is 45.0 Å². The fourth-order valence-electron chi connectivity index (χ4n) is 2.62. The number of hydrogen-bond acceptors (Lipinski definition) is 3. The van der Waals surface area contributed by atoms with Crippen LogP contribution >= 0.6 is 0 Å². The number of carbonyl (C=O) groups is 1. The second-order valence-corrected chi connectivity index (χ2v) is 6.01. The van der Waals surface area contributed by atoms with Crippen LogP contribution in [-0.4, -0.2) is 15.7 Å². The molecule has 3 aromatic rings.